The van der Waals surface area contributed by atoms with E-state index in [-0.39, 0.29) is 18.0 Å². The van der Waals surface area contributed by atoms with E-state index in [1.807, 2.05) is 16.8 Å². The first kappa shape index (κ1) is 21.5. The van der Waals surface area contributed by atoms with Gasteiger partial charge in [-0.1, -0.05) is 0 Å². The number of nitrogens with one attached hydrogen (secondary N) is 1. The first-order valence-electron chi connectivity index (χ1n) is 11.3. The van der Waals surface area contributed by atoms with Crippen molar-refractivity contribution in [2.24, 2.45) is 0 Å². The molecule has 5 rings (SSSR count). The van der Waals surface area contributed by atoms with Gasteiger partial charge in [-0.25, -0.2) is 19.6 Å². The van der Waals surface area contributed by atoms with Crippen LogP contribution in [0.4, 0.5) is 5.95 Å². The van der Waals surface area contributed by atoms with Crippen LogP contribution in [0.15, 0.2) is 42.9 Å². The minimum atomic E-state index is -0.0962. The van der Waals surface area contributed by atoms with Crippen LogP contribution in [-0.2, 0) is 0 Å². The normalized spacial score (nSPS) is 16.5. The number of aryl methyl sites for hydroxylation is 1. The summed E-state index contributed by atoms with van der Waals surface area (Å²) in [6, 6.07) is 8.01. The molecular formula is C24H27N7OS. The highest BCUT2D eigenvalue weighted by atomic mass is 32.1. The molecule has 8 nitrogen and oxygen atoms in total. The predicted octanol–water partition coefficient (Wildman–Crippen LogP) is 4.24. The van der Waals surface area contributed by atoms with Gasteiger partial charge in [0.1, 0.15) is 0 Å². The Kier molecular flexibility index (Phi) is 5.80. The predicted molar refractivity (Wildman–Crippen MR) is 131 cm³/mol. The van der Waals surface area contributed by atoms with Crippen LogP contribution in [0.5, 0.6) is 0 Å². The van der Waals surface area contributed by atoms with E-state index < -0.39 is 0 Å². The zero-order chi connectivity index (χ0) is 22.9. The maximum absolute atomic E-state index is 13.5. The molecule has 1 atom stereocenters. The third kappa shape index (κ3) is 4.32. The van der Waals surface area contributed by atoms with E-state index in [1.165, 1.54) is 4.88 Å². The van der Waals surface area contributed by atoms with Crippen LogP contribution in [0.25, 0.3) is 21.6 Å². The van der Waals surface area contributed by atoms with Crippen molar-refractivity contribution in [2.45, 2.75) is 45.7 Å². The Labute approximate surface area is 196 Å². The average molecular weight is 462 g/mol. The van der Waals surface area contributed by atoms with E-state index in [0.717, 1.165) is 41.0 Å². The second-order valence-corrected chi connectivity index (χ2v) is 9.98. The van der Waals surface area contributed by atoms with Crippen molar-refractivity contribution in [1.82, 2.24) is 30.0 Å². The number of aromatic nitrogens is 5. The van der Waals surface area contributed by atoms with Crippen molar-refractivity contribution >= 4 is 34.2 Å². The first-order chi connectivity index (χ1) is 16.0. The summed E-state index contributed by atoms with van der Waals surface area (Å²) >= 11 is 1.68. The lowest BCUT2D eigenvalue weighted by molar-refractivity contribution is 0.0934. The molecule has 33 heavy (non-hydrogen) atoms. The number of carbonyl (C=O) groups is 1. The van der Waals surface area contributed by atoms with Gasteiger partial charge in [-0.2, -0.15) is 5.10 Å². The lowest BCUT2D eigenvalue weighted by Gasteiger charge is -2.33. The van der Waals surface area contributed by atoms with Crippen molar-refractivity contribution < 1.29 is 4.79 Å². The number of piperidine rings is 1. The molecule has 1 N–H and O–H groups in total. The van der Waals surface area contributed by atoms with Crippen molar-refractivity contribution in [1.29, 1.82) is 0 Å². The molecule has 1 saturated heterocycles. The van der Waals surface area contributed by atoms with Gasteiger partial charge in [0.15, 0.2) is 5.65 Å². The number of nitrogens with zero attached hydrogens (tertiary/aromatic N) is 6. The second kappa shape index (κ2) is 8.90. The minimum absolute atomic E-state index is 0.0193. The Morgan fingerprint density at radius 2 is 2.06 bits per heavy atom. The Hall–Kier alpha value is -3.33. The third-order valence-electron chi connectivity index (χ3n) is 5.88. The summed E-state index contributed by atoms with van der Waals surface area (Å²) in [6.07, 6.45) is 7.15. The first-order valence-corrected chi connectivity index (χ1v) is 12.1. The summed E-state index contributed by atoms with van der Waals surface area (Å²) in [5.41, 5.74) is 2.15. The lowest BCUT2D eigenvalue weighted by atomic mass is 10.0. The zero-order valence-electron chi connectivity index (χ0n) is 19.0. The molecule has 0 spiro atoms. The highest BCUT2D eigenvalue weighted by molar-refractivity contribution is 7.15. The molecule has 0 bridgehead atoms. The molecule has 170 valence electrons. The molecule has 0 aromatic carbocycles. The Morgan fingerprint density at radius 1 is 1.24 bits per heavy atom. The average Bonchev–Trinajstić information content (AvgIpc) is 3.45. The van der Waals surface area contributed by atoms with Crippen LogP contribution >= 0.6 is 11.3 Å². The van der Waals surface area contributed by atoms with Crippen LogP contribution in [0.2, 0.25) is 0 Å². The van der Waals surface area contributed by atoms with Gasteiger partial charge in [0.25, 0.3) is 5.91 Å². The Morgan fingerprint density at radius 3 is 2.79 bits per heavy atom. The fourth-order valence-electron chi connectivity index (χ4n) is 4.28. The summed E-state index contributed by atoms with van der Waals surface area (Å²) in [7, 11) is 0. The van der Waals surface area contributed by atoms with Gasteiger partial charge in [-0.05, 0) is 57.9 Å². The van der Waals surface area contributed by atoms with Crippen molar-refractivity contribution in [2.75, 3.05) is 18.0 Å². The Bertz CT molecular complexity index is 1280. The summed E-state index contributed by atoms with van der Waals surface area (Å²) < 4.78 is 1.88. The SMILES string of the molecule is Cc1ccc(-c2cc(C(=O)NC3CCCN(c4ncccn4)C3)c3cnn(C(C)C)c3n2)s1. The van der Waals surface area contributed by atoms with Gasteiger partial charge in [0.05, 0.1) is 27.7 Å². The van der Waals surface area contributed by atoms with Crippen LogP contribution in [0, 0.1) is 6.92 Å². The van der Waals surface area contributed by atoms with E-state index in [1.54, 1.807) is 29.9 Å². The number of carbonyl (C=O) groups excluding carboxylic acids is 1. The molecule has 9 heteroatoms. The van der Waals surface area contributed by atoms with Gasteiger partial charge in [-0.3, -0.25) is 4.79 Å². The topological polar surface area (TPSA) is 88.8 Å². The number of anilines is 1. The molecule has 0 saturated carbocycles. The van der Waals surface area contributed by atoms with E-state index in [9.17, 15) is 4.79 Å². The minimum Gasteiger partial charge on any atom is -0.348 e. The number of amides is 1. The maximum Gasteiger partial charge on any atom is 0.252 e. The van der Waals surface area contributed by atoms with Gasteiger partial charge in [0, 0.05) is 42.4 Å². The summed E-state index contributed by atoms with van der Waals surface area (Å²) in [6.45, 7) is 7.78. The van der Waals surface area contributed by atoms with Gasteiger partial charge in [-0.15, -0.1) is 11.3 Å². The molecular weight excluding hydrogens is 434 g/mol. The molecule has 0 radical (unpaired) electrons. The second-order valence-electron chi connectivity index (χ2n) is 8.69. The van der Waals surface area contributed by atoms with Crippen LogP contribution in [0.1, 0.15) is 48.0 Å². The number of hydrogen-bond acceptors (Lipinski definition) is 7. The fourth-order valence-corrected chi connectivity index (χ4v) is 5.10. The van der Waals surface area contributed by atoms with E-state index in [4.69, 9.17) is 4.98 Å². The van der Waals surface area contributed by atoms with Crippen molar-refractivity contribution in [3.05, 3.63) is 53.3 Å². The quantitative estimate of drug-likeness (QED) is 0.478. The molecule has 1 fully saturated rings. The molecule has 4 aromatic heterocycles. The number of fused-ring (bicyclic) bond motifs is 1. The van der Waals surface area contributed by atoms with Crippen molar-refractivity contribution in [3.8, 4) is 10.6 Å². The molecule has 4 aromatic rings. The molecule has 1 aliphatic rings. The number of pyridine rings is 1. The van der Waals surface area contributed by atoms with E-state index >= 15 is 0 Å². The van der Waals surface area contributed by atoms with E-state index in [2.05, 4.69) is 58.2 Å². The number of thiophene rings is 1. The fraction of sp³-hybridized carbons (Fsp3) is 0.375. The lowest BCUT2D eigenvalue weighted by Crippen LogP contribution is -2.48. The molecule has 1 aliphatic heterocycles. The van der Waals surface area contributed by atoms with Gasteiger partial charge >= 0.3 is 0 Å². The van der Waals surface area contributed by atoms with Crippen LogP contribution < -0.4 is 10.2 Å². The summed E-state index contributed by atoms with van der Waals surface area (Å²) in [5, 5.41) is 8.56. The third-order valence-corrected chi connectivity index (χ3v) is 6.91. The number of hydrogen-bond donors (Lipinski definition) is 1. The maximum atomic E-state index is 13.5. The largest absolute Gasteiger partial charge is 0.348 e. The summed E-state index contributed by atoms with van der Waals surface area (Å²) in [4.78, 5) is 31.5. The van der Waals surface area contributed by atoms with Crippen LogP contribution in [0.3, 0.4) is 0 Å². The summed E-state index contributed by atoms with van der Waals surface area (Å²) in [5.74, 6) is 0.609. The van der Waals surface area contributed by atoms with Gasteiger partial charge in [0.2, 0.25) is 5.95 Å². The van der Waals surface area contributed by atoms with E-state index in [0.29, 0.717) is 18.1 Å². The van der Waals surface area contributed by atoms with Crippen molar-refractivity contribution in [3.63, 3.8) is 0 Å². The highest BCUT2D eigenvalue weighted by Gasteiger charge is 2.25. The number of rotatable bonds is 5. The molecule has 0 aliphatic carbocycles. The van der Waals surface area contributed by atoms with Crippen LogP contribution in [-0.4, -0.2) is 49.8 Å². The molecule has 5 heterocycles. The standard InChI is InChI=1S/C24H27N7OS/c1-15(2)31-22-19(13-27-31)18(12-20(29-22)21-8-7-16(3)33-21)23(32)28-17-6-4-11-30(14-17)24-25-9-5-10-26-24/h5,7-10,12-13,15,17H,4,6,11,14H2,1-3H3,(H,28,32). The van der Waals surface area contributed by atoms with Gasteiger partial charge < -0.3 is 10.2 Å². The smallest absolute Gasteiger partial charge is 0.252 e. The Balaban J connectivity index is 1.46. The monoisotopic (exact) mass is 461 g/mol. The molecule has 1 unspecified atom stereocenters. The highest BCUT2D eigenvalue weighted by Crippen LogP contribution is 2.31. The zero-order valence-corrected chi connectivity index (χ0v) is 19.8. The molecule has 1 amide bonds.